The summed E-state index contributed by atoms with van der Waals surface area (Å²) in [6.45, 7) is 1.61. The Kier molecular flexibility index (Phi) is 6.74. The Balaban J connectivity index is 1.93. The molecule has 6 nitrogen and oxygen atoms in total. The lowest BCUT2D eigenvalue weighted by atomic mass is 9.89. The van der Waals surface area contributed by atoms with Gasteiger partial charge in [-0.05, 0) is 12.8 Å². The van der Waals surface area contributed by atoms with Gasteiger partial charge in [-0.3, -0.25) is 9.69 Å². The lowest BCUT2D eigenvalue weighted by molar-refractivity contribution is -0.138. The number of methoxy groups -OCH3 is 1. The van der Waals surface area contributed by atoms with Crippen LogP contribution in [0.15, 0.2) is 12.4 Å². The Hall–Kier alpha value is -1.53. The van der Waals surface area contributed by atoms with Crippen LogP contribution in [0.3, 0.4) is 0 Å². The Bertz CT molecular complexity index is 458. The van der Waals surface area contributed by atoms with Crippen molar-refractivity contribution in [1.82, 2.24) is 14.9 Å². The van der Waals surface area contributed by atoms with E-state index in [1.165, 1.54) is 32.1 Å². The fourth-order valence-corrected chi connectivity index (χ4v) is 2.90. The molecule has 2 rings (SSSR count). The van der Waals surface area contributed by atoms with Gasteiger partial charge >= 0.3 is 5.97 Å². The van der Waals surface area contributed by atoms with Gasteiger partial charge in [0.15, 0.2) is 0 Å². The molecule has 1 N–H and O–H groups in total. The standard InChI is InChI=1S/C16H25N3O3/c1-22-8-7-19(12-15(20)21)11-13-9-17-16(18-10-13)14-5-3-2-4-6-14/h9-10,14H,2-8,11-12H2,1H3,(H,20,21). The summed E-state index contributed by atoms with van der Waals surface area (Å²) in [6.07, 6.45) is 9.87. The monoisotopic (exact) mass is 307 g/mol. The van der Waals surface area contributed by atoms with Crippen molar-refractivity contribution in [3.8, 4) is 0 Å². The van der Waals surface area contributed by atoms with Crippen molar-refractivity contribution < 1.29 is 14.6 Å². The second-order valence-corrected chi connectivity index (χ2v) is 5.88. The first kappa shape index (κ1) is 16.8. The molecule has 0 spiro atoms. The molecule has 1 aromatic rings. The number of ether oxygens (including phenoxy) is 1. The smallest absolute Gasteiger partial charge is 0.317 e. The van der Waals surface area contributed by atoms with Crippen molar-refractivity contribution in [2.45, 2.75) is 44.6 Å². The van der Waals surface area contributed by atoms with Crippen LogP contribution in [-0.2, 0) is 16.1 Å². The van der Waals surface area contributed by atoms with Crippen LogP contribution in [0.25, 0.3) is 0 Å². The molecule has 1 heterocycles. The molecule has 0 radical (unpaired) electrons. The van der Waals surface area contributed by atoms with E-state index in [1.54, 1.807) is 7.11 Å². The van der Waals surface area contributed by atoms with Gasteiger partial charge in [-0.25, -0.2) is 9.97 Å². The topological polar surface area (TPSA) is 75.5 Å². The maximum absolute atomic E-state index is 10.9. The van der Waals surface area contributed by atoms with Crippen molar-refractivity contribution in [3.63, 3.8) is 0 Å². The third-order valence-electron chi connectivity index (χ3n) is 4.07. The number of aromatic nitrogens is 2. The van der Waals surface area contributed by atoms with Crippen LogP contribution < -0.4 is 0 Å². The fraction of sp³-hybridized carbons (Fsp3) is 0.688. The molecule has 0 aromatic carbocycles. The molecule has 0 amide bonds. The van der Waals surface area contributed by atoms with Gasteiger partial charge in [0.25, 0.3) is 0 Å². The van der Waals surface area contributed by atoms with Crippen LogP contribution in [-0.4, -0.2) is 52.7 Å². The normalized spacial score (nSPS) is 16.1. The zero-order chi connectivity index (χ0) is 15.8. The minimum Gasteiger partial charge on any atom is -0.480 e. The summed E-state index contributed by atoms with van der Waals surface area (Å²) in [7, 11) is 1.61. The molecule has 22 heavy (non-hydrogen) atoms. The van der Waals surface area contributed by atoms with Crippen LogP contribution >= 0.6 is 0 Å². The number of carboxylic acids is 1. The van der Waals surface area contributed by atoms with Gasteiger partial charge in [0.2, 0.25) is 0 Å². The molecule has 0 saturated heterocycles. The van der Waals surface area contributed by atoms with Gasteiger partial charge in [0.05, 0.1) is 13.2 Å². The molecule has 1 aliphatic rings. The lowest BCUT2D eigenvalue weighted by Gasteiger charge is -2.21. The summed E-state index contributed by atoms with van der Waals surface area (Å²) in [5, 5.41) is 8.96. The molecule has 6 heteroatoms. The van der Waals surface area contributed by atoms with Gasteiger partial charge in [-0.1, -0.05) is 19.3 Å². The number of hydrogen-bond acceptors (Lipinski definition) is 5. The molecular formula is C16H25N3O3. The van der Waals surface area contributed by atoms with Gasteiger partial charge in [0.1, 0.15) is 5.82 Å². The summed E-state index contributed by atoms with van der Waals surface area (Å²) in [5.74, 6) is 0.590. The SMILES string of the molecule is COCCN(CC(=O)O)Cc1cnc(C2CCCCC2)nc1. The van der Waals surface area contributed by atoms with Crippen molar-refractivity contribution in [3.05, 3.63) is 23.8 Å². The van der Waals surface area contributed by atoms with Gasteiger partial charge in [-0.2, -0.15) is 0 Å². The third kappa shape index (κ3) is 5.35. The summed E-state index contributed by atoms with van der Waals surface area (Å²) in [4.78, 5) is 21.7. The maximum atomic E-state index is 10.9. The average molecular weight is 307 g/mol. The largest absolute Gasteiger partial charge is 0.480 e. The molecule has 0 bridgehead atoms. The minimum absolute atomic E-state index is 0.00621. The van der Waals surface area contributed by atoms with Crippen molar-refractivity contribution in [1.29, 1.82) is 0 Å². The van der Waals surface area contributed by atoms with Crippen molar-refractivity contribution in [2.75, 3.05) is 26.8 Å². The number of carbonyl (C=O) groups is 1. The van der Waals surface area contributed by atoms with E-state index in [0.717, 1.165) is 11.4 Å². The van der Waals surface area contributed by atoms with Gasteiger partial charge in [-0.15, -0.1) is 0 Å². The molecule has 1 saturated carbocycles. The summed E-state index contributed by atoms with van der Waals surface area (Å²) >= 11 is 0. The number of hydrogen-bond donors (Lipinski definition) is 1. The first-order valence-corrected chi connectivity index (χ1v) is 7.93. The highest BCUT2D eigenvalue weighted by Gasteiger charge is 2.18. The molecule has 0 unspecified atom stereocenters. The lowest BCUT2D eigenvalue weighted by Crippen LogP contribution is -2.32. The van der Waals surface area contributed by atoms with Crippen LogP contribution in [0.2, 0.25) is 0 Å². The first-order chi connectivity index (χ1) is 10.7. The fourth-order valence-electron chi connectivity index (χ4n) is 2.90. The van der Waals surface area contributed by atoms with E-state index >= 15 is 0 Å². The second-order valence-electron chi connectivity index (χ2n) is 5.88. The number of rotatable bonds is 8. The Morgan fingerprint density at radius 1 is 1.32 bits per heavy atom. The molecule has 0 atom stereocenters. The van der Waals surface area contributed by atoms with Crippen molar-refractivity contribution in [2.24, 2.45) is 0 Å². The number of nitrogens with zero attached hydrogens (tertiary/aromatic N) is 3. The Labute approximate surface area is 131 Å². The van der Waals surface area contributed by atoms with Crippen LogP contribution in [0.1, 0.15) is 49.4 Å². The number of aliphatic carboxylic acids is 1. The molecule has 122 valence electrons. The summed E-state index contributed by atoms with van der Waals surface area (Å²) in [5.41, 5.74) is 0.942. The Morgan fingerprint density at radius 2 is 2.00 bits per heavy atom. The van der Waals surface area contributed by atoms with E-state index < -0.39 is 5.97 Å². The van der Waals surface area contributed by atoms with E-state index in [2.05, 4.69) is 9.97 Å². The quantitative estimate of drug-likeness (QED) is 0.792. The summed E-state index contributed by atoms with van der Waals surface area (Å²) in [6, 6.07) is 0. The summed E-state index contributed by atoms with van der Waals surface area (Å²) < 4.78 is 5.02. The highest BCUT2D eigenvalue weighted by molar-refractivity contribution is 5.69. The highest BCUT2D eigenvalue weighted by Crippen LogP contribution is 2.30. The van der Waals surface area contributed by atoms with Gasteiger partial charge < -0.3 is 9.84 Å². The molecule has 0 aliphatic heterocycles. The highest BCUT2D eigenvalue weighted by atomic mass is 16.5. The van der Waals surface area contributed by atoms with Crippen LogP contribution in [0, 0.1) is 0 Å². The molecule has 1 fully saturated rings. The predicted molar refractivity (Wildman–Crippen MR) is 82.6 cm³/mol. The average Bonchev–Trinajstić information content (AvgIpc) is 2.53. The minimum atomic E-state index is -0.837. The van der Waals surface area contributed by atoms with E-state index in [9.17, 15) is 4.79 Å². The van der Waals surface area contributed by atoms with Gasteiger partial charge in [0, 0.05) is 44.1 Å². The van der Waals surface area contributed by atoms with E-state index in [-0.39, 0.29) is 6.54 Å². The maximum Gasteiger partial charge on any atom is 0.317 e. The zero-order valence-corrected chi connectivity index (χ0v) is 13.2. The third-order valence-corrected chi connectivity index (χ3v) is 4.07. The van der Waals surface area contributed by atoms with Crippen LogP contribution in [0.5, 0.6) is 0 Å². The second kappa shape index (κ2) is 8.80. The van der Waals surface area contributed by atoms with E-state index in [0.29, 0.717) is 25.6 Å². The molecule has 1 aromatic heterocycles. The van der Waals surface area contributed by atoms with E-state index in [1.807, 2.05) is 17.3 Å². The molecular weight excluding hydrogens is 282 g/mol. The predicted octanol–water partition coefficient (Wildman–Crippen LogP) is 2.06. The zero-order valence-electron chi connectivity index (χ0n) is 13.2. The van der Waals surface area contributed by atoms with Crippen molar-refractivity contribution >= 4 is 5.97 Å². The Morgan fingerprint density at radius 3 is 2.59 bits per heavy atom. The number of carboxylic acid groups (broad SMARTS) is 1. The molecule has 1 aliphatic carbocycles. The van der Waals surface area contributed by atoms with E-state index in [4.69, 9.17) is 9.84 Å². The van der Waals surface area contributed by atoms with Crippen LogP contribution in [0.4, 0.5) is 0 Å². The first-order valence-electron chi connectivity index (χ1n) is 7.93.